The predicted octanol–water partition coefficient (Wildman–Crippen LogP) is 4.90. The number of nitrogens with zero attached hydrogens (tertiary/aromatic N) is 1. The largest absolute Gasteiger partial charge is 0.497 e. The summed E-state index contributed by atoms with van der Waals surface area (Å²) in [4.78, 5) is 13.6. The second-order valence-corrected chi connectivity index (χ2v) is 7.40. The molecule has 0 spiro atoms. The first-order valence-corrected chi connectivity index (χ1v) is 9.90. The van der Waals surface area contributed by atoms with Gasteiger partial charge >= 0.3 is 12.3 Å². The Morgan fingerprint density at radius 1 is 1.29 bits per heavy atom. The Morgan fingerprint density at radius 2 is 2.03 bits per heavy atom. The van der Waals surface area contributed by atoms with Crippen LogP contribution in [0.1, 0.15) is 11.7 Å². The zero-order chi connectivity index (χ0) is 22.4. The fourth-order valence-corrected chi connectivity index (χ4v) is 3.29. The highest BCUT2D eigenvalue weighted by Crippen LogP contribution is 2.29. The summed E-state index contributed by atoms with van der Waals surface area (Å²) in [5.74, 6) is 0.633. The van der Waals surface area contributed by atoms with Crippen molar-refractivity contribution in [1.29, 1.82) is 0 Å². The van der Waals surface area contributed by atoms with Gasteiger partial charge < -0.3 is 14.2 Å². The van der Waals surface area contributed by atoms with Crippen molar-refractivity contribution in [1.82, 2.24) is 4.90 Å². The summed E-state index contributed by atoms with van der Waals surface area (Å²) in [5, 5.41) is 2.71. The van der Waals surface area contributed by atoms with E-state index >= 15 is 0 Å². The van der Waals surface area contributed by atoms with Crippen LogP contribution >= 0.6 is 11.6 Å². The third-order valence-corrected chi connectivity index (χ3v) is 5.00. The van der Waals surface area contributed by atoms with E-state index < -0.39 is 31.0 Å². The van der Waals surface area contributed by atoms with E-state index in [1.54, 1.807) is 23.1 Å². The van der Waals surface area contributed by atoms with E-state index in [4.69, 9.17) is 25.8 Å². The molecular weight excluding hydrogens is 437 g/mol. The molecule has 0 bridgehead atoms. The van der Waals surface area contributed by atoms with Crippen molar-refractivity contribution < 1.29 is 32.2 Å². The summed E-state index contributed by atoms with van der Waals surface area (Å²) >= 11 is 5.76. The van der Waals surface area contributed by atoms with Gasteiger partial charge in [0, 0.05) is 30.3 Å². The number of amides is 1. The van der Waals surface area contributed by atoms with E-state index in [1.807, 2.05) is 6.07 Å². The number of benzene rings is 2. The molecular formula is C21H22ClF3N2O4. The molecule has 2 aromatic carbocycles. The lowest BCUT2D eigenvalue weighted by atomic mass is 10.1. The molecule has 1 fully saturated rings. The van der Waals surface area contributed by atoms with Crippen molar-refractivity contribution in [3.63, 3.8) is 0 Å². The van der Waals surface area contributed by atoms with Crippen molar-refractivity contribution >= 4 is 23.4 Å². The summed E-state index contributed by atoms with van der Waals surface area (Å²) in [6.07, 6.45) is -8.62. The number of halogens is 4. The minimum Gasteiger partial charge on any atom is -0.497 e. The Kier molecular flexibility index (Phi) is 7.64. The first-order valence-electron chi connectivity index (χ1n) is 9.52. The number of ether oxygens (including phenoxy) is 3. The molecule has 1 N–H and O–H groups in total. The smallest absolute Gasteiger partial charge is 0.426 e. The molecule has 31 heavy (non-hydrogen) atoms. The number of nitrogens with one attached hydrogen (secondary N) is 1. The SMILES string of the molecule is COc1cccc([C@@H]2CN(CC(OC(=O)Nc3ccc(Cl)cc3)C(F)(F)F)CCO2)c1. The number of anilines is 1. The summed E-state index contributed by atoms with van der Waals surface area (Å²) in [7, 11) is 1.54. The average molecular weight is 459 g/mol. The average Bonchev–Trinajstić information content (AvgIpc) is 2.74. The molecule has 0 radical (unpaired) electrons. The van der Waals surface area contributed by atoms with Crippen molar-refractivity contribution in [2.24, 2.45) is 0 Å². The molecule has 6 nitrogen and oxygen atoms in total. The van der Waals surface area contributed by atoms with Crippen molar-refractivity contribution in [2.45, 2.75) is 18.4 Å². The van der Waals surface area contributed by atoms with Crippen LogP contribution in [-0.2, 0) is 9.47 Å². The minimum absolute atomic E-state index is 0.224. The van der Waals surface area contributed by atoms with Crippen LogP contribution in [0.3, 0.4) is 0 Å². The van der Waals surface area contributed by atoms with Crippen molar-refractivity contribution in [3.8, 4) is 5.75 Å². The Balaban J connectivity index is 1.63. The Bertz CT molecular complexity index is 880. The van der Waals surface area contributed by atoms with Gasteiger partial charge in [0.15, 0.2) is 0 Å². The van der Waals surface area contributed by atoms with Gasteiger partial charge in [-0.25, -0.2) is 4.79 Å². The highest BCUT2D eigenvalue weighted by Gasteiger charge is 2.44. The summed E-state index contributed by atoms with van der Waals surface area (Å²) in [5.41, 5.74) is 1.08. The van der Waals surface area contributed by atoms with Crippen LogP contribution in [0.4, 0.5) is 23.7 Å². The summed E-state index contributed by atoms with van der Waals surface area (Å²) < 4.78 is 56.3. The second kappa shape index (κ2) is 10.2. The quantitative estimate of drug-likeness (QED) is 0.667. The molecule has 1 heterocycles. The lowest BCUT2D eigenvalue weighted by Gasteiger charge is -2.35. The fraction of sp³-hybridized carbons (Fsp3) is 0.381. The zero-order valence-electron chi connectivity index (χ0n) is 16.7. The number of morpholine rings is 1. The van der Waals surface area contributed by atoms with Crippen LogP contribution in [0, 0.1) is 0 Å². The van der Waals surface area contributed by atoms with Crippen LogP contribution in [0.2, 0.25) is 5.02 Å². The van der Waals surface area contributed by atoms with Gasteiger partial charge in [-0.1, -0.05) is 23.7 Å². The maximum Gasteiger partial charge on any atom is 0.426 e. The summed E-state index contributed by atoms with van der Waals surface area (Å²) in [6, 6.07) is 13.1. The lowest BCUT2D eigenvalue weighted by Crippen LogP contribution is -2.48. The first kappa shape index (κ1) is 23.2. The topological polar surface area (TPSA) is 60.0 Å². The molecule has 2 atom stereocenters. The second-order valence-electron chi connectivity index (χ2n) is 6.96. The summed E-state index contributed by atoms with van der Waals surface area (Å²) in [6.45, 7) is 0.266. The van der Waals surface area contributed by atoms with Gasteiger partial charge in [0.05, 0.1) is 19.8 Å². The van der Waals surface area contributed by atoms with Gasteiger partial charge in [0.1, 0.15) is 5.75 Å². The number of methoxy groups -OCH3 is 1. The maximum absolute atomic E-state index is 13.5. The molecule has 1 unspecified atom stereocenters. The monoisotopic (exact) mass is 458 g/mol. The number of carbonyl (C=O) groups excluding carboxylic acids is 1. The Labute approximate surface area is 182 Å². The molecule has 10 heteroatoms. The number of carbonyl (C=O) groups is 1. The third kappa shape index (κ3) is 6.75. The van der Waals surface area contributed by atoms with Crippen LogP contribution in [0.25, 0.3) is 0 Å². The van der Waals surface area contributed by atoms with E-state index in [0.29, 0.717) is 10.8 Å². The first-order chi connectivity index (χ1) is 14.7. The molecule has 168 valence electrons. The minimum atomic E-state index is -4.72. The number of hydrogen-bond acceptors (Lipinski definition) is 5. The molecule has 0 saturated carbocycles. The van der Waals surface area contributed by atoms with E-state index in [-0.39, 0.29) is 25.4 Å². The molecule has 0 aliphatic carbocycles. The van der Waals surface area contributed by atoms with Gasteiger partial charge in [-0.15, -0.1) is 0 Å². The molecule has 2 aromatic rings. The number of alkyl halides is 3. The zero-order valence-corrected chi connectivity index (χ0v) is 17.4. The van der Waals surface area contributed by atoms with Gasteiger partial charge in [0.2, 0.25) is 6.10 Å². The number of rotatable bonds is 6. The van der Waals surface area contributed by atoms with Crippen molar-refractivity contribution in [2.75, 3.05) is 38.7 Å². The van der Waals surface area contributed by atoms with Gasteiger partial charge in [-0.3, -0.25) is 10.2 Å². The van der Waals surface area contributed by atoms with Gasteiger partial charge in [0.25, 0.3) is 0 Å². The van der Waals surface area contributed by atoms with Crippen LogP contribution < -0.4 is 10.1 Å². The van der Waals surface area contributed by atoms with Gasteiger partial charge in [-0.05, 0) is 42.0 Å². The lowest BCUT2D eigenvalue weighted by molar-refractivity contribution is -0.209. The van der Waals surface area contributed by atoms with E-state index in [1.165, 1.54) is 31.4 Å². The molecule has 1 aliphatic rings. The van der Waals surface area contributed by atoms with E-state index in [9.17, 15) is 18.0 Å². The molecule has 0 aromatic heterocycles. The van der Waals surface area contributed by atoms with E-state index in [2.05, 4.69) is 5.32 Å². The normalized spacial score (nSPS) is 18.3. The van der Waals surface area contributed by atoms with Crippen LogP contribution in [-0.4, -0.2) is 56.6 Å². The molecule has 1 saturated heterocycles. The highest BCUT2D eigenvalue weighted by atomic mass is 35.5. The number of hydrogen-bond donors (Lipinski definition) is 1. The Morgan fingerprint density at radius 3 is 2.71 bits per heavy atom. The Hall–Kier alpha value is -2.49. The maximum atomic E-state index is 13.5. The van der Waals surface area contributed by atoms with Crippen molar-refractivity contribution in [3.05, 3.63) is 59.1 Å². The molecule has 1 amide bonds. The van der Waals surface area contributed by atoms with E-state index in [0.717, 1.165) is 5.56 Å². The van der Waals surface area contributed by atoms with Crippen LogP contribution in [0.5, 0.6) is 5.75 Å². The van der Waals surface area contributed by atoms with Gasteiger partial charge in [-0.2, -0.15) is 13.2 Å². The fourth-order valence-electron chi connectivity index (χ4n) is 3.16. The molecule has 3 rings (SSSR count). The standard InChI is InChI=1S/C21H22ClF3N2O4/c1-29-17-4-2-3-14(11-17)18-12-27(9-10-30-18)13-19(21(23,24)25)31-20(28)26-16-7-5-15(22)6-8-16/h2-8,11,18-19H,9-10,12-13H2,1H3,(H,26,28)/t18-,19?/m0/s1. The third-order valence-electron chi connectivity index (χ3n) is 4.75. The highest BCUT2D eigenvalue weighted by molar-refractivity contribution is 6.30. The predicted molar refractivity (Wildman–Crippen MR) is 110 cm³/mol. The van der Waals surface area contributed by atoms with Crippen LogP contribution in [0.15, 0.2) is 48.5 Å². The molecule has 1 aliphatic heterocycles.